The zero-order valence-corrected chi connectivity index (χ0v) is 16.0. The van der Waals surface area contributed by atoms with Crippen LogP contribution in [0.25, 0.3) is 0 Å². The van der Waals surface area contributed by atoms with Crippen molar-refractivity contribution in [3.05, 3.63) is 0 Å². The Labute approximate surface area is 170 Å². The van der Waals surface area contributed by atoms with Crippen LogP contribution in [0.2, 0.25) is 0 Å². The van der Waals surface area contributed by atoms with Crippen molar-refractivity contribution in [1.82, 2.24) is 0 Å². The zero-order chi connectivity index (χ0) is 16.5. The van der Waals surface area contributed by atoms with Gasteiger partial charge in [0.15, 0.2) is 0 Å². The maximum absolute atomic E-state index is 10.5. The topological polar surface area (TPSA) is 54.4 Å². The fourth-order valence-electron chi connectivity index (χ4n) is 2.64. The Kier molecular flexibility index (Phi) is 22.6. The Morgan fingerprint density at radius 2 is 0.957 bits per heavy atom. The van der Waals surface area contributed by atoms with Gasteiger partial charge in [0.05, 0.1) is 0 Å². The second-order valence-corrected chi connectivity index (χ2v) is 9.67. The van der Waals surface area contributed by atoms with Crippen molar-refractivity contribution in [3.63, 3.8) is 0 Å². The predicted octanol–water partition coefficient (Wildman–Crippen LogP) is 5.75. The molecule has 0 aromatic heterocycles. The Morgan fingerprint density at radius 1 is 0.652 bits per heavy atom. The normalized spacial score (nSPS) is 11.4. The second kappa shape index (κ2) is 19.6. The molecule has 0 bridgehead atoms. The molecule has 0 amide bonds. The minimum absolute atomic E-state index is 0. The Morgan fingerprint density at radius 3 is 1.26 bits per heavy atom. The van der Waals surface area contributed by atoms with Crippen molar-refractivity contribution < 1.29 is 13.0 Å². The van der Waals surface area contributed by atoms with E-state index in [9.17, 15) is 8.42 Å². The molecular formula is C17H37NaO3S2. The Hall–Kier alpha value is 1.26. The summed E-state index contributed by atoms with van der Waals surface area (Å²) in [7, 11) is -3.18. The molecule has 0 heterocycles. The minimum atomic E-state index is -3.83. The number of rotatable bonds is 17. The monoisotopic (exact) mass is 376 g/mol. The Balaban J connectivity index is 0. The summed E-state index contributed by atoms with van der Waals surface area (Å²) in [4.78, 5) is 0. The number of unbranched alkanes of at least 4 members (excludes halogenated alkanes) is 14. The maximum atomic E-state index is 10.5. The number of hydrogen-bond donors (Lipinski definition) is 1. The summed E-state index contributed by atoms with van der Waals surface area (Å²) in [5.74, 6) is 0.511. The predicted molar refractivity (Wildman–Crippen MR) is 106 cm³/mol. The fourth-order valence-corrected chi connectivity index (χ4v) is 4.16. The van der Waals surface area contributed by atoms with Crippen molar-refractivity contribution >= 4 is 49.5 Å². The van der Waals surface area contributed by atoms with Gasteiger partial charge in [-0.15, -0.1) is 0 Å². The molecule has 0 saturated heterocycles. The van der Waals surface area contributed by atoms with Gasteiger partial charge in [0.25, 0.3) is 0 Å². The van der Waals surface area contributed by atoms with E-state index in [2.05, 4.69) is 6.92 Å². The van der Waals surface area contributed by atoms with E-state index < -0.39 is 9.15 Å². The first kappa shape index (κ1) is 26.5. The molecule has 0 rings (SSSR count). The SMILES string of the molecule is CCCCCCCCCCCCCCCCCSS(=O)(=O)O.[NaH]. The first-order chi connectivity index (χ1) is 10.6. The van der Waals surface area contributed by atoms with Gasteiger partial charge in [-0.3, -0.25) is 4.55 Å². The molecule has 0 aromatic rings. The molecule has 0 radical (unpaired) electrons. The molecular weight excluding hydrogens is 339 g/mol. The third kappa shape index (κ3) is 25.6. The second-order valence-electron chi connectivity index (χ2n) is 6.20. The quantitative estimate of drug-likeness (QED) is 0.152. The van der Waals surface area contributed by atoms with Gasteiger partial charge >= 0.3 is 38.7 Å². The molecule has 0 aliphatic carbocycles. The van der Waals surface area contributed by atoms with Crippen molar-refractivity contribution in [2.45, 2.75) is 103 Å². The van der Waals surface area contributed by atoms with Crippen LogP contribution in [0, 0.1) is 0 Å². The van der Waals surface area contributed by atoms with Crippen LogP contribution in [0.4, 0.5) is 0 Å². The van der Waals surface area contributed by atoms with E-state index in [1.807, 2.05) is 0 Å². The van der Waals surface area contributed by atoms with Crippen LogP contribution in [0.3, 0.4) is 0 Å². The van der Waals surface area contributed by atoms with Crippen LogP contribution in [0.15, 0.2) is 0 Å². The summed E-state index contributed by atoms with van der Waals surface area (Å²) in [6.45, 7) is 2.26. The van der Waals surface area contributed by atoms with E-state index in [1.54, 1.807) is 0 Å². The van der Waals surface area contributed by atoms with E-state index in [0.717, 1.165) is 12.8 Å². The molecule has 23 heavy (non-hydrogen) atoms. The van der Waals surface area contributed by atoms with Crippen molar-refractivity contribution in [2.24, 2.45) is 0 Å². The third-order valence-electron chi connectivity index (χ3n) is 3.98. The summed E-state index contributed by atoms with van der Waals surface area (Å²) < 4.78 is 29.6. The molecule has 0 unspecified atom stereocenters. The van der Waals surface area contributed by atoms with Gasteiger partial charge in [-0.1, -0.05) is 96.8 Å². The average Bonchev–Trinajstić information content (AvgIpc) is 2.45. The van der Waals surface area contributed by atoms with Gasteiger partial charge in [0, 0.05) is 5.75 Å². The third-order valence-corrected chi connectivity index (χ3v) is 6.13. The van der Waals surface area contributed by atoms with Crippen molar-refractivity contribution in [3.8, 4) is 0 Å². The van der Waals surface area contributed by atoms with E-state index in [-0.39, 0.29) is 29.6 Å². The molecule has 3 nitrogen and oxygen atoms in total. The zero-order valence-electron chi connectivity index (χ0n) is 14.4. The van der Waals surface area contributed by atoms with E-state index in [0.29, 0.717) is 16.5 Å². The first-order valence-electron chi connectivity index (χ1n) is 9.18. The molecule has 136 valence electrons. The molecule has 0 fully saturated rings. The van der Waals surface area contributed by atoms with E-state index >= 15 is 0 Å². The molecule has 0 atom stereocenters. The molecule has 0 saturated carbocycles. The first-order valence-corrected chi connectivity index (χ1v) is 12.1. The van der Waals surface area contributed by atoms with Crippen LogP contribution >= 0.6 is 10.8 Å². The summed E-state index contributed by atoms with van der Waals surface area (Å²) in [6.07, 6.45) is 19.6. The molecule has 0 aliphatic rings. The van der Waals surface area contributed by atoms with Gasteiger partial charge in [-0.05, 0) is 17.2 Å². The summed E-state index contributed by atoms with van der Waals surface area (Å²) in [5, 5.41) is 0. The fraction of sp³-hybridized carbons (Fsp3) is 1.00. The molecule has 6 heteroatoms. The van der Waals surface area contributed by atoms with Gasteiger partial charge in [0.2, 0.25) is 0 Å². The van der Waals surface area contributed by atoms with Gasteiger partial charge in [-0.25, -0.2) is 0 Å². The molecule has 0 spiro atoms. The van der Waals surface area contributed by atoms with Crippen molar-refractivity contribution in [2.75, 3.05) is 5.75 Å². The Bertz CT molecular complexity index is 322. The average molecular weight is 377 g/mol. The molecule has 0 aliphatic heterocycles. The van der Waals surface area contributed by atoms with Crippen LogP contribution in [0.5, 0.6) is 0 Å². The van der Waals surface area contributed by atoms with E-state index in [1.165, 1.54) is 83.5 Å². The molecule has 0 aromatic carbocycles. The van der Waals surface area contributed by atoms with Crippen LogP contribution < -0.4 is 0 Å². The van der Waals surface area contributed by atoms with Crippen LogP contribution in [0.1, 0.15) is 103 Å². The summed E-state index contributed by atoms with van der Waals surface area (Å²) in [6, 6.07) is 0. The summed E-state index contributed by atoms with van der Waals surface area (Å²) >= 11 is 0. The standard InChI is InChI=1S/C17H36O3S2.Na.H/c1-2-3-4-5-6-7-8-9-10-11-12-13-14-15-16-17-21-22(18,19)20;;/h2-17H2,1H3,(H,18,19,20);;. The van der Waals surface area contributed by atoms with Crippen molar-refractivity contribution in [1.29, 1.82) is 0 Å². The molecule has 1 N–H and O–H groups in total. The van der Waals surface area contributed by atoms with Gasteiger partial charge < -0.3 is 0 Å². The van der Waals surface area contributed by atoms with Gasteiger partial charge in [-0.2, -0.15) is 8.42 Å². The number of hydrogen-bond acceptors (Lipinski definition) is 3. The van der Waals surface area contributed by atoms with E-state index in [4.69, 9.17) is 4.55 Å². The van der Waals surface area contributed by atoms with Crippen LogP contribution in [-0.2, 0) is 9.15 Å². The van der Waals surface area contributed by atoms with Crippen LogP contribution in [-0.4, -0.2) is 48.3 Å². The van der Waals surface area contributed by atoms with Gasteiger partial charge in [0.1, 0.15) is 0 Å². The summed E-state index contributed by atoms with van der Waals surface area (Å²) in [5.41, 5.74) is 0.